The van der Waals surface area contributed by atoms with Crippen LogP contribution in [0.15, 0.2) is 42.5 Å². The quantitative estimate of drug-likeness (QED) is 0.406. The van der Waals surface area contributed by atoms with Crippen LogP contribution in [0.3, 0.4) is 0 Å². The summed E-state index contributed by atoms with van der Waals surface area (Å²) >= 11 is 0. The van der Waals surface area contributed by atoms with Gasteiger partial charge < -0.3 is 30.7 Å². The van der Waals surface area contributed by atoms with Crippen LogP contribution in [-0.2, 0) is 9.59 Å². The van der Waals surface area contributed by atoms with E-state index < -0.39 is 5.97 Å². The number of methoxy groups -OCH3 is 1. The zero-order chi connectivity index (χ0) is 25.4. The summed E-state index contributed by atoms with van der Waals surface area (Å²) < 4.78 is 5.54. The first-order valence-corrected chi connectivity index (χ1v) is 11.8. The topological polar surface area (TPSA) is 120 Å². The predicted octanol–water partition coefficient (Wildman–Crippen LogP) is 4.01. The van der Waals surface area contributed by atoms with Crippen LogP contribution in [0, 0.1) is 12.8 Å². The minimum absolute atomic E-state index is 0.130. The van der Waals surface area contributed by atoms with E-state index in [0.717, 1.165) is 42.7 Å². The minimum atomic E-state index is -0.794. The predicted molar refractivity (Wildman–Crippen MR) is 135 cm³/mol. The molecule has 1 heterocycles. The Balaban J connectivity index is 1.69. The van der Waals surface area contributed by atoms with Crippen molar-refractivity contribution in [3.8, 4) is 5.75 Å². The molecule has 9 heteroatoms. The maximum Gasteiger partial charge on any atom is 0.323 e. The molecule has 4 N–H and O–H groups in total. The summed E-state index contributed by atoms with van der Waals surface area (Å²) in [6, 6.07) is 12.4. The number of likely N-dealkylation sites (tertiary alicyclic amines) is 1. The van der Waals surface area contributed by atoms with Crippen molar-refractivity contribution in [2.45, 2.75) is 39.2 Å². The number of aliphatic carboxylic acids is 1. The monoisotopic (exact) mass is 482 g/mol. The third kappa shape index (κ3) is 7.71. The van der Waals surface area contributed by atoms with Gasteiger partial charge in [0.2, 0.25) is 5.91 Å². The smallest absolute Gasteiger partial charge is 0.323 e. The molecule has 0 bridgehead atoms. The summed E-state index contributed by atoms with van der Waals surface area (Å²) in [5, 5.41) is 17.6. The number of nitrogens with one attached hydrogen (secondary N) is 3. The Morgan fingerprint density at radius 1 is 1.14 bits per heavy atom. The molecule has 0 radical (unpaired) electrons. The molecule has 2 aromatic rings. The van der Waals surface area contributed by atoms with Crippen LogP contribution in [-0.4, -0.2) is 54.7 Å². The van der Waals surface area contributed by atoms with E-state index in [1.54, 1.807) is 6.07 Å². The highest BCUT2D eigenvalue weighted by atomic mass is 16.5. The third-order valence-electron chi connectivity index (χ3n) is 6.23. The fourth-order valence-electron chi connectivity index (χ4n) is 4.44. The molecule has 1 fully saturated rings. The van der Waals surface area contributed by atoms with E-state index >= 15 is 0 Å². The van der Waals surface area contributed by atoms with Crippen molar-refractivity contribution in [3.63, 3.8) is 0 Å². The molecular formula is C26H34N4O5. The van der Waals surface area contributed by atoms with Crippen LogP contribution in [0.2, 0.25) is 0 Å². The van der Waals surface area contributed by atoms with Crippen molar-refractivity contribution >= 4 is 29.3 Å². The number of hydrogen-bond acceptors (Lipinski definition) is 5. The molecule has 1 saturated heterocycles. The van der Waals surface area contributed by atoms with E-state index in [1.807, 2.05) is 43.3 Å². The molecule has 0 aliphatic carbocycles. The van der Waals surface area contributed by atoms with E-state index in [2.05, 4.69) is 20.9 Å². The van der Waals surface area contributed by atoms with Gasteiger partial charge in [-0.3, -0.25) is 9.59 Å². The second kappa shape index (κ2) is 12.2. The number of rotatable bonds is 10. The first-order valence-electron chi connectivity index (χ1n) is 11.8. The van der Waals surface area contributed by atoms with Crippen LogP contribution in [0.5, 0.6) is 5.75 Å². The van der Waals surface area contributed by atoms with Crippen molar-refractivity contribution in [1.82, 2.24) is 10.2 Å². The molecular weight excluding hydrogens is 448 g/mol. The van der Waals surface area contributed by atoms with Crippen LogP contribution >= 0.6 is 0 Å². The van der Waals surface area contributed by atoms with Gasteiger partial charge in [-0.05, 0) is 61.6 Å². The lowest BCUT2D eigenvalue weighted by Crippen LogP contribution is -2.29. The Kier molecular flexibility index (Phi) is 9.08. The lowest BCUT2D eigenvalue weighted by atomic mass is 9.93. The van der Waals surface area contributed by atoms with Crippen molar-refractivity contribution < 1.29 is 24.2 Å². The second-order valence-electron chi connectivity index (χ2n) is 8.94. The number of ether oxygens (including phenoxy) is 1. The summed E-state index contributed by atoms with van der Waals surface area (Å²) in [6.07, 6.45) is 1.81. The molecule has 3 amide bonds. The Bertz CT molecular complexity index is 1060. The number of para-hydroxylation sites is 1. The molecule has 188 valence electrons. The molecule has 1 aliphatic heterocycles. The number of carboxylic acid groups (broad SMARTS) is 1. The molecule has 35 heavy (non-hydrogen) atoms. The maximum atomic E-state index is 12.5. The highest BCUT2D eigenvalue weighted by molar-refractivity contribution is 6.01. The number of carboxylic acids is 1. The number of amides is 3. The number of benzene rings is 2. The minimum Gasteiger partial charge on any atom is -0.495 e. The van der Waals surface area contributed by atoms with Gasteiger partial charge in [-0.1, -0.05) is 24.3 Å². The molecule has 3 rings (SSSR count). The van der Waals surface area contributed by atoms with E-state index in [0.29, 0.717) is 23.9 Å². The number of hydrogen-bond donors (Lipinski definition) is 4. The Hall–Kier alpha value is -3.59. The van der Waals surface area contributed by atoms with Crippen LogP contribution in [0.1, 0.15) is 43.4 Å². The molecule has 9 nitrogen and oxygen atoms in total. The second-order valence-corrected chi connectivity index (χ2v) is 8.94. The number of aryl methyl sites for hydroxylation is 1. The lowest BCUT2D eigenvalue weighted by molar-refractivity contribution is -0.137. The number of carbonyl (C=O) groups excluding carboxylic acids is 2. The average molecular weight is 483 g/mol. The SMILES string of the molecule is COc1cc(C(CC2CCN(CCC(=O)O)C2)NC(C)=O)ccc1NC(=O)Nc1ccccc1C. The molecule has 1 aliphatic rings. The van der Waals surface area contributed by atoms with Gasteiger partial charge in [-0.15, -0.1) is 0 Å². The van der Waals surface area contributed by atoms with Crippen molar-refractivity contribution in [1.29, 1.82) is 0 Å². The van der Waals surface area contributed by atoms with Gasteiger partial charge >= 0.3 is 12.0 Å². The summed E-state index contributed by atoms with van der Waals surface area (Å²) in [5.41, 5.74) is 3.08. The first kappa shape index (κ1) is 26.0. The third-order valence-corrected chi connectivity index (χ3v) is 6.23. The summed E-state index contributed by atoms with van der Waals surface area (Å²) in [4.78, 5) is 37.5. The standard InChI is InChI=1S/C26H34N4O5/c1-17-6-4-5-7-21(17)28-26(34)29-22-9-8-20(15-24(22)35-3)23(27-18(2)31)14-19-10-12-30(16-19)13-11-25(32)33/h4-9,15,19,23H,10-14,16H2,1-3H3,(H,27,31)(H,32,33)(H2,28,29,34). The van der Waals surface area contributed by atoms with Gasteiger partial charge in [0.25, 0.3) is 0 Å². The zero-order valence-electron chi connectivity index (χ0n) is 20.5. The number of anilines is 2. The Morgan fingerprint density at radius 2 is 1.89 bits per heavy atom. The fourth-order valence-corrected chi connectivity index (χ4v) is 4.44. The van der Waals surface area contributed by atoms with Gasteiger partial charge in [-0.25, -0.2) is 4.79 Å². The maximum absolute atomic E-state index is 12.5. The molecule has 0 spiro atoms. The van der Waals surface area contributed by atoms with E-state index in [1.165, 1.54) is 14.0 Å². The molecule has 0 saturated carbocycles. The zero-order valence-corrected chi connectivity index (χ0v) is 20.5. The van der Waals surface area contributed by atoms with Gasteiger partial charge in [0.05, 0.1) is 25.3 Å². The van der Waals surface area contributed by atoms with Gasteiger partial charge in [-0.2, -0.15) is 0 Å². The largest absolute Gasteiger partial charge is 0.495 e. The van der Waals surface area contributed by atoms with Crippen molar-refractivity contribution in [2.24, 2.45) is 5.92 Å². The number of nitrogens with zero attached hydrogens (tertiary/aromatic N) is 1. The summed E-state index contributed by atoms with van der Waals surface area (Å²) in [7, 11) is 1.54. The average Bonchev–Trinajstić information content (AvgIpc) is 3.26. The Morgan fingerprint density at radius 3 is 2.57 bits per heavy atom. The fraction of sp³-hybridized carbons (Fsp3) is 0.423. The normalized spacial score (nSPS) is 16.4. The van der Waals surface area contributed by atoms with Gasteiger partial charge in [0.15, 0.2) is 0 Å². The first-order chi connectivity index (χ1) is 16.7. The van der Waals surface area contributed by atoms with Crippen LogP contribution < -0.4 is 20.7 Å². The summed E-state index contributed by atoms with van der Waals surface area (Å²) in [5.74, 6) is -0.0934. The van der Waals surface area contributed by atoms with E-state index in [9.17, 15) is 14.4 Å². The number of urea groups is 1. The lowest BCUT2D eigenvalue weighted by Gasteiger charge is -2.23. The van der Waals surface area contributed by atoms with Crippen LogP contribution in [0.4, 0.5) is 16.2 Å². The van der Waals surface area contributed by atoms with Crippen LogP contribution in [0.25, 0.3) is 0 Å². The molecule has 2 aromatic carbocycles. The van der Waals surface area contributed by atoms with Crippen molar-refractivity contribution in [2.75, 3.05) is 37.4 Å². The summed E-state index contributed by atoms with van der Waals surface area (Å²) in [6.45, 7) is 5.61. The molecule has 2 atom stereocenters. The molecule has 0 aromatic heterocycles. The van der Waals surface area contributed by atoms with Crippen molar-refractivity contribution in [3.05, 3.63) is 53.6 Å². The van der Waals surface area contributed by atoms with E-state index in [-0.39, 0.29) is 24.4 Å². The Labute approximate surface area is 205 Å². The highest BCUT2D eigenvalue weighted by Crippen LogP contribution is 2.33. The number of carbonyl (C=O) groups is 3. The van der Waals surface area contributed by atoms with Gasteiger partial charge in [0.1, 0.15) is 5.75 Å². The van der Waals surface area contributed by atoms with E-state index in [4.69, 9.17) is 9.84 Å². The highest BCUT2D eigenvalue weighted by Gasteiger charge is 2.27. The van der Waals surface area contributed by atoms with Gasteiger partial charge in [0, 0.05) is 25.7 Å². The molecule has 2 unspecified atom stereocenters.